The van der Waals surface area contributed by atoms with Gasteiger partial charge in [-0.05, 0) is 32.0 Å². The maximum Gasteiger partial charge on any atom is 0.283 e. The third-order valence-corrected chi connectivity index (χ3v) is 3.70. The van der Waals surface area contributed by atoms with Gasteiger partial charge in [0, 0.05) is 13.1 Å². The number of carbonyl (C=O) groups excluding carboxylic acids is 2. The fourth-order valence-corrected chi connectivity index (χ4v) is 2.39. The van der Waals surface area contributed by atoms with E-state index in [0.29, 0.717) is 13.1 Å². The first kappa shape index (κ1) is 14.4. The zero-order chi connectivity index (χ0) is 14.8. The lowest BCUT2D eigenvalue weighted by molar-refractivity contribution is -0.126. The monoisotopic (exact) mass is 277 g/mol. The Morgan fingerprint density at radius 2 is 2.25 bits per heavy atom. The van der Waals surface area contributed by atoms with Crippen LogP contribution in [0, 0.1) is 5.41 Å². The first-order valence-corrected chi connectivity index (χ1v) is 6.44. The fraction of sp³-hybridized carbons (Fsp3) is 0.462. The molecule has 2 amide bonds. The summed E-state index contributed by atoms with van der Waals surface area (Å²) in [7, 11) is 0. The average molecular weight is 277 g/mol. The number of likely N-dealkylation sites (tertiary alicyclic amines) is 1. The standard InChI is InChI=1S/C13H19N5O2/c1-13(12(14)20)5-6-18(8-13)7-9-3-2-4-10(16-9)11(19)17-15/h2-4H,5-8,15H2,1H3,(H2,14,20)(H,17,19). The smallest absolute Gasteiger partial charge is 0.283 e. The lowest BCUT2D eigenvalue weighted by Gasteiger charge is -2.20. The molecule has 5 N–H and O–H groups in total. The van der Waals surface area contributed by atoms with Gasteiger partial charge in [0.05, 0.1) is 11.1 Å². The second-order valence-corrected chi connectivity index (χ2v) is 5.37. The van der Waals surface area contributed by atoms with Crippen LogP contribution >= 0.6 is 0 Å². The minimum Gasteiger partial charge on any atom is -0.369 e. The number of nitrogens with two attached hydrogens (primary N) is 2. The summed E-state index contributed by atoms with van der Waals surface area (Å²) in [4.78, 5) is 29.2. The number of hydrazine groups is 1. The molecule has 1 saturated heterocycles. The van der Waals surface area contributed by atoms with Crippen molar-refractivity contribution in [2.24, 2.45) is 17.0 Å². The molecule has 1 unspecified atom stereocenters. The number of pyridine rings is 1. The molecular formula is C13H19N5O2. The lowest BCUT2D eigenvalue weighted by Crippen LogP contribution is -2.37. The summed E-state index contributed by atoms with van der Waals surface area (Å²) >= 11 is 0. The van der Waals surface area contributed by atoms with Gasteiger partial charge in [0.15, 0.2) is 0 Å². The summed E-state index contributed by atoms with van der Waals surface area (Å²) in [5.74, 6) is 4.39. The number of nitrogens with zero attached hydrogens (tertiary/aromatic N) is 2. The highest BCUT2D eigenvalue weighted by molar-refractivity contribution is 5.91. The van der Waals surface area contributed by atoms with Crippen LogP contribution in [0.2, 0.25) is 0 Å². The summed E-state index contributed by atoms with van der Waals surface area (Å²) in [6.07, 6.45) is 0.741. The molecule has 2 heterocycles. The zero-order valence-corrected chi connectivity index (χ0v) is 11.4. The van der Waals surface area contributed by atoms with Crippen LogP contribution in [0.3, 0.4) is 0 Å². The van der Waals surface area contributed by atoms with E-state index < -0.39 is 11.3 Å². The summed E-state index contributed by atoms with van der Waals surface area (Å²) < 4.78 is 0. The third-order valence-electron chi connectivity index (χ3n) is 3.70. The van der Waals surface area contributed by atoms with Crippen LogP contribution in [-0.4, -0.2) is 34.8 Å². The largest absolute Gasteiger partial charge is 0.369 e. The zero-order valence-electron chi connectivity index (χ0n) is 11.4. The Morgan fingerprint density at radius 3 is 2.85 bits per heavy atom. The Labute approximate surface area is 117 Å². The third kappa shape index (κ3) is 2.94. The van der Waals surface area contributed by atoms with Crippen molar-refractivity contribution in [1.29, 1.82) is 0 Å². The van der Waals surface area contributed by atoms with Crippen molar-refractivity contribution in [2.75, 3.05) is 13.1 Å². The van der Waals surface area contributed by atoms with Crippen LogP contribution in [0.4, 0.5) is 0 Å². The molecule has 1 aromatic rings. The fourth-order valence-electron chi connectivity index (χ4n) is 2.39. The Kier molecular flexibility index (Phi) is 4.01. The molecule has 0 spiro atoms. The Bertz CT molecular complexity index is 533. The van der Waals surface area contributed by atoms with E-state index >= 15 is 0 Å². The molecule has 7 nitrogen and oxygen atoms in total. The minimum atomic E-state index is -0.480. The van der Waals surface area contributed by atoms with Crippen LogP contribution in [0.1, 0.15) is 29.5 Å². The highest BCUT2D eigenvalue weighted by Gasteiger charge is 2.38. The molecule has 7 heteroatoms. The minimum absolute atomic E-state index is 0.274. The van der Waals surface area contributed by atoms with Crippen molar-refractivity contribution < 1.29 is 9.59 Å². The molecule has 0 bridgehead atoms. The Morgan fingerprint density at radius 1 is 1.50 bits per heavy atom. The van der Waals surface area contributed by atoms with E-state index in [9.17, 15) is 9.59 Å². The maximum absolute atomic E-state index is 11.4. The van der Waals surface area contributed by atoms with Gasteiger partial charge in [-0.15, -0.1) is 0 Å². The van der Waals surface area contributed by atoms with Gasteiger partial charge in [-0.2, -0.15) is 0 Å². The number of hydrogen-bond acceptors (Lipinski definition) is 5. The number of hydrogen-bond donors (Lipinski definition) is 3. The van der Waals surface area contributed by atoms with Crippen molar-refractivity contribution in [3.63, 3.8) is 0 Å². The molecule has 0 saturated carbocycles. The van der Waals surface area contributed by atoms with E-state index in [-0.39, 0.29) is 11.6 Å². The normalized spacial score (nSPS) is 22.7. The van der Waals surface area contributed by atoms with Gasteiger partial charge in [0.25, 0.3) is 5.91 Å². The number of aromatic nitrogens is 1. The van der Waals surface area contributed by atoms with Gasteiger partial charge in [-0.1, -0.05) is 6.07 Å². The second-order valence-electron chi connectivity index (χ2n) is 5.37. The number of nitrogen functional groups attached to an aromatic ring is 1. The number of carbonyl (C=O) groups is 2. The molecular weight excluding hydrogens is 258 g/mol. The molecule has 1 aliphatic rings. The highest BCUT2D eigenvalue weighted by Crippen LogP contribution is 2.30. The van der Waals surface area contributed by atoms with Gasteiger partial charge in [0.2, 0.25) is 5.91 Å². The molecule has 1 fully saturated rings. The first-order valence-electron chi connectivity index (χ1n) is 6.44. The predicted molar refractivity (Wildman–Crippen MR) is 73.1 cm³/mol. The van der Waals surface area contributed by atoms with Gasteiger partial charge >= 0.3 is 0 Å². The van der Waals surface area contributed by atoms with E-state index in [0.717, 1.165) is 18.7 Å². The molecule has 1 aromatic heterocycles. The van der Waals surface area contributed by atoms with Gasteiger partial charge in [-0.25, -0.2) is 10.8 Å². The number of primary amides is 1. The maximum atomic E-state index is 11.4. The van der Waals surface area contributed by atoms with E-state index in [4.69, 9.17) is 11.6 Å². The van der Waals surface area contributed by atoms with Gasteiger partial charge < -0.3 is 5.73 Å². The number of amides is 2. The summed E-state index contributed by atoms with van der Waals surface area (Å²) in [6.45, 7) is 3.85. The van der Waals surface area contributed by atoms with E-state index in [1.807, 2.05) is 13.0 Å². The first-order chi connectivity index (χ1) is 9.44. The molecule has 0 aliphatic carbocycles. The van der Waals surface area contributed by atoms with Crippen LogP contribution in [0.15, 0.2) is 18.2 Å². The molecule has 0 aromatic carbocycles. The molecule has 2 rings (SSSR count). The highest BCUT2D eigenvalue weighted by atomic mass is 16.2. The van der Waals surface area contributed by atoms with Crippen molar-refractivity contribution in [3.05, 3.63) is 29.6 Å². The van der Waals surface area contributed by atoms with Crippen molar-refractivity contribution >= 4 is 11.8 Å². The van der Waals surface area contributed by atoms with Crippen LogP contribution in [0.5, 0.6) is 0 Å². The SMILES string of the molecule is CC1(C(N)=O)CCN(Cc2cccc(C(=O)NN)n2)C1. The molecule has 1 aliphatic heterocycles. The van der Waals surface area contributed by atoms with Crippen molar-refractivity contribution in [3.8, 4) is 0 Å². The van der Waals surface area contributed by atoms with E-state index in [1.54, 1.807) is 12.1 Å². The second kappa shape index (κ2) is 5.56. The Balaban J connectivity index is 2.05. The van der Waals surface area contributed by atoms with Crippen LogP contribution in [0.25, 0.3) is 0 Å². The summed E-state index contributed by atoms with van der Waals surface area (Å²) in [5, 5.41) is 0. The molecule has 1 atom stereocenters. The number of rotatable bonds is 4. The summed E-state index contributed by atoms with van der Waals surface area (Å²) in [5.41, 5.74) is 8.04. The van der Waals surface area contributed by atoms with E-state index in [1.165, 1.54) is 0 Å². The van der Waals surface area contributed by atoms with Crippen LogP contribution in [-0.2, 0) is 11.3 Å². The van der Waals surface area contributed by atoms with Gasteiger partial charge in [0.1, 0.15) is 5.69 Å². The predicted octanol–water partition coefficient (Wildman–Crippen LogP) is -0.618. The Hall–Kier alpha value is -1.99. The molecule has 0 radical (unpaired) electrons. The topological polar surface area (TPSA) is 114 Å². The quantitative estimate of drug-likeness (QED) is 0.385. The molecule has 20 heavy (non-hydrogen) atoms. The van der Waals surface area contributed by atoms with Crippen molar-refractivity contribution in [1.82, 2.24) is 15.3 Å². The van der Waals surface area contributed by atoms with Gasteiger partial charge in [-0.3, -0.25) is 19.9 Å². The average Bonchev–Trinajstić information content (AvgIpc) is 2.81. The number of nitrogens with one attached hydrogen (secondary N) is 1. The molecule has 108 valence electrons. The van der Waals surface area contributed by atoms with E-state index in [2.05, 4.69) is 15.3 Å². The lowest BCUT2D eigenvalue weighted by atomic mass is 9.89. The van der Waals surface area contributed by atoms with Crippen LogP contribution < -0.4 is 17.0 Å². The van der Waals surface area contributed by atoms with Crippen molar-refractivity contribution in [2.45, 2.75) is 19.9 Å². The summed E-state index contributed by atoms with van der Waals surface area (Å²) in [6, 6.07) is 5.20.